The molecule has 1 saturated carbocycles. The van der Waals surface area contributed by atoms with Crippen LogP contribution < -0.4 is 10.6 Å². The highest BCUT2D eigenvalue weighted by Gasteiger charge is 2.56. The molecule has 1 aromatic rings. The second kappa shape index (κ2) is 6.91. The van der Waals surface area contributed by atoms with Gasteiger partial charge in [0.15, 0.2) is 0 Å². The largest absolute Gasteiger partial charge is 0.396 e. The molecule has 0 heterocycles. The third-order valence-corrected chi connectivity index (χ3v) is 5.60. The van der Waals surface area contributed by atoms with Gasteiger partial charge in [-0.3, -0.25) is 0 Å². The average Bonchev–Trinajstić information content (AvgIpc) is 3.25. The summed E-state index contributed by atoms with van der Waals surface area (Å²) in [6.45, 7) is 3.58. The molecule has 1 spiro atoms. The van der Waals surface area contributed by atoms with Crippen LogP contribution in [0.1, 0.15) is 43.7 Å². The van der Waals surface area contributed by atoms with Gasteiger partial charge in [0.1, 0.15) is 0 Å². The van der Waals surface area contributed by atoms with Gasteiger partial charge in [-0.25, -0.2) is 4.79 Å². The molecule has 3 unspecified atom stereocenters. The molecule has 2 amide bonds. The van der Waals surface area contributed by atoms with Crippen LogP contribution >= 0.6 is 0 Å². The molecular weight excluding hydrogens is 288 g/mol. The van der Waals surface area contributed by atoms with E-state index in [1.165, 1.54) is 36.8 Å². The summed E-state index contributed by atoms with van der Waals surface area (Å²) < 4.78 is 0. The number of urea groups is 1. The van der Waals surface area contributed by atoms with Gasteiger partial charge in [0.2, 0.25) is 0 Å². The number of carbonyl (C=O) groups excluding carboxylic acids is 1. The highest BCUT2D eigenvalue weighted by Crippen LogP contribution is 2.59. The number of nitrogens with one attached hydrogen (secondary N) is 2. The van der Waals surface area contributed by atoms with Gasteiger partial charge in [0, 0.05) is 25.1 Å². The van der Waals surface area contributed by atoms with Crippen molar-refractivity contribution in [1.82, 2.24) is 10.6 Å². The highest BCUT2D eigenvalue weighted by atomic mass is 16.3. The maximum absolute atomic E-state index is 11.9. The molecule has 3 rings (SSSR count). The molecular formula is C19H28N2O2. The summed E-state index contributed by atoms with van der Waals surface area (Å²) in [5, 5.41) is 14.8. The van der Waals surface area contributed by atoms with Crippen molar-refractivity contribution in [2.45, 2.75) is 44.4 Å². The monoisotopic (exact) mass is 316 g/mol. The van der Waals surface area contributed by atoms with Crippen molar-refractivity contribution in [2.75, 3.05) is 19.7 Å². The van der Waals surface area contributed by atoms with Crippen LogP contribution in [0.2, 0.25) is 0 Å². The van der Waals surface area contributed by atoms with Crippen LogP contribution in [0.4, 0.5) is 4.79 Å². The van der Waals surface area contributed by atoms with E-state index in [0.717, 1.165) is 13.0 Å². The maximum atomic E-state index is 11.9. The van der Waals surface area contributed by atoms with Gasteiger partial charge in [-0.15, -0.1) is 0 Å². The van der Waals surface area contributed by atoms with E-state index in [1.807, 2.05) is 6.92 Å². The summed E-state index contributed by atoms with van der Waals surface area (Å²) in [4.78, 5) is 11.9. The number of aliphatic hydroxyl groups excluding tert-OH is 1. The van der Waals surface area contributed by atoms with Crippen molar-refractivity contribution in [2.24, 2.45) is 11.8 Å². The lowest BCUT2D eigenvalue weighted by Crippen LogP contribution is -2.39. The Morgan fingerprint density at radius 1 is 1.39 bits per heavy atom. The lowest BCUT2D eigenvalue weighted by molar-refractivity contribution is 0.233. The van der Waals surface area contributed by atoms with Crippen LogP contribution in [0.15, 0.2) is 24.3 Å². The number of amides is 2. The minimum absolute atomic E-state index is 0.0825. The van der Waals surface area contributed by atoms with E-state index < -0.39 is 0 Å². The number of fused-ring (bicyclic) bond motifs is 2. The minimum Gasteiger partial charge on any atom is -0.396 e. The minimum atomic E-state index is -0.0825. The summed E-state index contributed by atoms with van der Waals surface area (Å²) in [5.74, 6) is 0.882. The van der Waals surface area contributed by atoms with Crippen molar-refractivity contribution in [3.8, 4) is 0 Å². The van der Waals surface area contributed by atoms with Crippen LogP contribution in [0.3, 0.4) is 0 Å². The van der Waals surface area contributed by atoms with E-state index in [-0.39, 0.29) is 12.6 Å². The van der Waals surface area contributed by atoms with Gasteiger partial charge in [-0.1, -0.05) is 31.2 Å². The number of benzene rings is 1. The molecule has 0 saturated heterocycles. The molecule has 4 nitrogen and oxygen atoms in total. The van der Waals surface area contributed by atoms with Crippen LogP contribution in [0.25, 0.3) is 0 Å². The molecule has 4 heteroatoms. The topological polar surface area (TPSA) is 61.4 Å². The van der Waals surface area contributed by atoms with Crippen LogP contribution in [0.5, 0.6) is 0 Å². The third-order valence-electron chi connectivity index (χ3n) is 5.60. The fraction of sp³-hybridized carbons (Fsp3) is 0.632. The second-order valence-corrected chi connectivity index (χ2v) is 7.28. The van der Waals surface area contributed by atoms with Crippen molar-refractivity contribution >= 4 is 6.03 Å². The summed E-state index contributed by atoms with van der Waals surface area (Å²) in [7, 11) is 0. The van der Waals surface area contributed by atoms with Gasteiger partial charge < -0.3 is 15.7 Å². The van der Waals surface area contributed by atoms with Gasteiger partial charge in [0.05, 0.1) is 0 Å². The van der Waals surface area contributed by atoms with Crippen molar-refractivity contribution < 1.29 is 9.90 Å². The van der Waals surface area contributed by atoms with E-state index in [0.29, 0.717) is 23.8 Å². The van der Waals surface area contributed by atoms with Crippen LogP contribution in [-0.2, 0) is 11.8 Å². The lowest BCUT2D eigenvalue weighted by Gasteiger charge is -2.26. The quantitative estimate of drug-likeness (QED) is 0.755. The predicted octanol–water partition coefficient (Wildman–Crippen LogP) is 2.60. The SMILES string of the molecule is CC(CCO)CNC(=O)NCC1CC12CCCc1ccccc12. The summed E-state index contributed by atoms with van der Waals surface area (Å²) in [6, 6.07) is 8.73. The molecule has 2 aliphatic carbocycles. The first-order valence-corrected chi connectivity index (χ1v) is 8.86. The van der Waals surface area contributed by atoms with Gasteiger partial charge >= 0.3 is 6.03 Å². The molecule has 0 aromatic heterocycles. The Kier molecular flexibility index (Phi) is 4.90. The van der Waals surface area contributed by atoms with Gasteiger partial charge in [-0.05, 0) is 55.1 Å². The zero-order chi connectivity index (χ0) is 16.3. The molecule has 0 radical (unpaired) electrons. The Morgan fingerprint density at radius 3 is 3.04 bits per heavy atom. The zero-order valence-corrected chi connectivity index (χ0v) is 14.0. The second-order valence-electron chi connectivity index (χ2n) is 7.28. The fourth-order valence-corrected chi connectivity index (χ4v) is 4.11. The molecule has 2 aliphatic rings. The van der Waals surface area contributed by atoms with Crippen molar-refractivity contribution in [3.63, 3.8) is 0 Å². The number of hydrogen-bond donors (Lipinski definition) is 3. The molecule has 23 heavy (non-hydrogen) atoms. The number of aryl methyl sites for hydroxylation is 1. The first-order valence-electron chi connectivity index (χ1n) is 8.86. The predicted molar refractivity (Wildman–Crippen MR) is 91.4 cm³/mol. The maximum Gasteiger partial charge on any atom is 0.314 e. The zero-order valence-electron chi connectivity index (χ0n) is 14.0. The van der Waals surface area contributed by atoms with E-state index in [4.69, 9.17) is 5.11 Å². The van der Waals surface area contributed by atoms with Gasteiger partial charge in [-0.2, -0.15) is 0 Å². The van der Waals surface area contributed by atoms with E-state index in [9.17, 15) is 4.79 Å². The number of rotatable bonds is 6. The number of hydrogen-bond acceptors (Lipinski definition) is 2. The molecule has 1 aromatic carbocycles. The molecule has 0 bridgehead atoms. The molecule has 0 aliphatic heterocycles. The highest BCUT2D eigenvalue weighted by molar-refractivity contribution is 5.73. The fourth-order valence-electron chi connectivity index (χ4n) is 4.11. The molecule has 3 N–H and O–H groups in total. The van der Waals surface area contributed by atoms with Crippen LogP contribution in [-0.4, -0.2) is 30.8 Å². The number of carbonyl (C=O) groups is 1. The number of aliphatic hydroxyl groups is 1. The first kappa shape index (κ1) is 16.3. The summed E-state index contributed by atoms with van der Waals surface area (Å²) in [6.07, 6.45) is 5.64. The first-order chi connectivity index (χ1) is 11.2. The van der Waals surface area contributed by atoms with Crippen LogP contribution in [0, 0.1) is 11.8 Å². The molecule has 3 atom stereocenters. The van der Waals surface area contributed by atoms with E-state index >= 15 is 0 Å². The smallest absolute Gasteiger partial charge is 0.314 e. The third kappa shape index (κ3) is 3.52. The summed E-state index contributed by atoms with van der Waals surface area (Å²) >= 11 is 0. The Bertz CT molecular complexity index is 560. The van der Waals surface area contributed by atoms with Gasteiger partial charge in [0.25, 0.3) is 0 Å². The Balaban J connectivity index is 1.48. The van der Waals surface area contributed by atoms with E-state index in [2.05, 4.69) is 34.9 Å². The standard InChI is InChI=1S/C19H28N2O2/c1-14(8-10-22)12-20-18(23)21-13-16-11-19(16)9-4-6-15-5-2-3-7-17(15)19/h2-3,5,7,14,16,22H,4,6,8-13H2,1H3,(H2,20,21,23). The molecule has 1 fully saturated rings. The lowest BCUT2D eigenvalue weighted by atomic mass is 9.78. The van der Waals surface area contributed by atoms with Crippen molar-refractivity contribution in [3.05, 3.63) is 35.4 Å². The molecule has 126 valence electrons. The van der Waals surface area contributed by atoms with E-state index in [1.54, 1.807) is 0 Å². The Hall–Kier alpha value is -1.55. The normalized spacial score (nSPS) is 26.4. The Morgan fingerprint density at radius 2 is 2.22 bits per heavy atom. The van der Waals surface area contributed by atoms with Crippen molar-refractivity contribution in [1.29, 1.82) is 0 Å². The average molecular weight is 316 g/mol. The Labute approximate surface area is 138 Å². The summed E-state index contributed by atoms with van der Waals surface area (Å²) in [5.41, 5.74) is 3.35.